The Kier molecular flexibility index (Phi) is 3.90. The fraction of sp³-hybridized carbons (Fsp3) is 0.278. The van der Waals surface area contributed by atoms with Crippen molar-refractivity contribution in [2.75, 3.05) is 0 Å². The quantitative estimate of drug-likeness (QED) is 0.673. The van der Waals surface area contributed by atoms with Gasteiger partial charge in [0.05, 0.1) is 0 Å². The van der Waals surface area contributed by atoms with Crippen molar-refractivity contribution in [3.05, 3.63) is 57.1 Å². The van der Waals surface area contributed by atoms with Gasteiger partial charge in [0.1, 0.15) is 4.88 Å². The minimum Gasteiger partial charge on any atom is -0.451 e. The lowest BCUT2D eigenvalue weighted by atomic mass is 10.1. The van der Waals surface area contributed by atoms with Gasteiger partial charge in [0.2, 0.25) is 5.82 Å². The van der Waals surface area contributed by atoms with Gasteiger partial charge >= 0.3 is 5.97 Å². The van der Waals surface area contributed by atoms with E-state index >= 15 is 0 Å². The molecule has 6 heteroatoms. The molecule has 0 amide bonds. The van der Waals surface area contributed by atoms with E-state index in [4.69, 9.17) is 9.26 Å². The zero-order valence-corrected chi connectivity index (χ0v) is 14.1. The Bertz CT molecular complexity index is 876. The van der Waals surface area contributed by atoms with Gasteiger partial charge in [0.25, 0.3) is 5.89 Å². The summed E-state index contributed by atoms with van der Waals surface area (Å²) in [6.07, 6.45) is 3.31. The fourth-order valence-electron chi connectivity index (χ4n) is 2.87. The second-order valence-corrected chi connectivity index (χ2v) is 6.95. The Morgan fingerprint density at radius 2 is 2.21 bits per heavy atom. The number of ether oxygens (including phenoxy) is 1. The third kappa shape index (κ3) is 2.85. The second kappa shape index (κ2) is 6.20. The van der Waals surface area contributed by atoms with Crippen LogP contribution in [0.1, 0.15) is 38.0 Å². The number of benzene rings is 1. The highest BCUT2D eigenvalue weighted by atomic mass is 32.1. The number of aryl methyl sites for hydroxylation is 3. The molecule has 1 aromatic carbocycles. The molecule has 1 aliphatic rings. The molecular formula is C18H16N2O3S. The first-order valence-electron chi connectivity index (χ1n) is 7.88. The number of rotatable bonds is 4. The van der Waals surface area contributed by atoms with Crippen LogP contribution < -0.4 is 0 Å². The maximum Gasteiger partial charge on any atom is 0.348 e. The van der Waals surface area contributed by atoms with Gasteiger partial charge in [-0.15, -0.1) is 11.3 Å². The fourth-order valence-corrected chi connectivity index (χ4v) is 4.02. The summed E-state index contributed by atoms with van der Waals surface area (Å²) < 4.78 is 10.5. The minimum atomic E-state index is -0.329. The number of aromatic nitrogens is 2. The number of carbonyl (C=O) groups is 1. The maximum absolute atomic E-state index is 12.2. The first-order valence-corrected chi connectivity index (χ1v) is 8.69. The number of fused-ring (bicyclic) bond motifs is 1. The van der Waals surface area contributed by atoms with E-state index in [1.54, 1.807) is 0 Å². The van der Waals surface area contributed by atoms with Crippen molar-refractivity contribution < 1.29 is 14.1 Å². The van der Waals surface area contributed by atoms with E-state index in [9.17, 15) is 4.79 Å². The van der Waals surface area contributed by atoms with Crippen LogP contribution in [0.25, 0.3) is 11.4 Å². The Morgan fingerprint density at radius 1 is 1.33 bits per heavy atom. The number of hydrogen-bond acceptors (Lipinski definition) is 6. The smallest absolute Gasteiger partial charge is 0.348 e. The van der Waals surface area contributed by atoms with Gasteiger partial charge in [0, 0.05) is 10.4 Å². The Labute approximate surface area is 143 Å². The molecule has 0 saturated carbocycles. The van der Waals surface area contributed by atoms with Crippen molar-refractivity contribution in [2.45, 2.75) is 32.8 Å². The van der Waals surface area contributed by atoms with E-state index in [1.807, 2.05) is 37.3 Å². The zero-order chi connectivity index (χ0) is 16.5. The monoisotopic (exact) mass is 340 g/mol. The summed E-state index contributed by atoms with van der Waals surface area (Å²) in [5.74, 6) is 0.477. The van der Waals surface area contributed by atoms with Crippen LogP contribution in [0.4, 0.5) is 0 Å². The second-order valence-electron chi connectivity index (χ2n) is 5.82. The average Bonchev–Trinajstić information content (AvgIpc) is 3.28. The van der Waals surface area contributed by atoms with Gasteiger partial charge in [-0.05, 0) is 43.4 Å². The highest BCUT2D eigenvalue weighted by Crippen LogP contribution is 2.31. The molecule has 5 nitrogen and oxygen atoms in total. The van der Waals surface area contributed by atoms with Crippen molar-refractivity contribution in [1.29, 1.82) is 0 Å². The van der Waals surface area contributed by atoms with Crippen LogP contribution in [-0.4, -0.2) is 16.1 Å². The van der Waals surface area contributed by atoms with E-state index in [0.717, 1.165) is 24.0 Å². The first kappa shape index (κ1) is 15.1. The molecule has 0 radical (unpaired) electrons. The van der Waals surface area contributed by atoms with Crippen molar-refractivity contribution in [1.82, 2.24) is 10.1 Å². The van der Waals surface area contributed by atoms with E-state index in [1.165, 1.54) is 28.2 Å². The van der Waals surface area contributed by atoms with Crippen LogP contribution in [0.15, 0.2) is 34.9 Å². The minimum absolute atomic E-state index is 0.0136. The van der Waals surface area contributed by atoms with Crippen LogP contribution in [-0.2, 0) is 24.2 Å². The molecule has 4 rings (SSSR count). The molecule has 2 aromatic heterocycles. The summed E-state index contributed by atoms with van der Waals surface area (Å²) in [5, 5.41) is 3.96. The summed E-state index contributed by atoms with van der Waals surface area (Å²) >= 11 is 1.53. The van der Waals surface area contributed by atoms with Gasteiger partial charge in [-0.1, -0.05) is 29.4 Å². The third-order valence-corrected chi connectivity index (χ3v) is 5.35. The summed E-state index contributed by atoms with van der Waals surface area (Å²) in [6, 6.07) is 9.75. The largest absolute Gasteiger partial charge is 0.451 e. The van der Waals surface area contributed by atoms with Crippen LogP contribution in [0, 0.1) is 6.92 Å². The molecule has 0 N–H and O–H groups in total. The first-order chi connectivity index (χ1) is 11.7. The van der Waals surface area contributed by atoms with E-state index in [2.05, 4.69) is 10.1 Å². The van der Waals surface area contributed by atoms with Gasteiger partial charge in [-0.2, -0.15) is 4.98 Å². The van der Waals surface area contributed by atoms with Crippen molar-refractivity contribution in [2.24, 2.45) is 0 Å². The number of nitrogens with zero attached hydrogens (tertiary/aromatic N) is 2. The standard InChI is InChI=1S/C18H16N2O3S/c1-11-5-2-3-7-13(11)17-19-16(23-20-17)10-22-18(21)15-9-12-6-4-8-14(12)24-15/h2-3,5,7,9H,4,6,8,10H2,1H3. The molecule has 0 spiro atoms. The Balaban J connectivity index is 1.43. The number of esters is 1. The van der Waals surface area contributed by atoms with Crippen LogP contribution in [0.2, 0.25) is 0 Å². The maximum atomic E-state index is 12.2. The summed E-state index contributed by atoms with van der Waals surface area (Å²) in [6.45, 7) is 1.97. The predicted octanol–water partition coefficient (Wildman–Crippen LogP) is 3.95. The van der Waals surface area contributed by atoms with E-state index in [-0.39, 0.29) is 12.6 Å². The molecule has 0 saturated heterocycles. The molecule has 24 heavy (non-hydrogen) atoms. The molecule has 2 heterocycles. The van der Waals surface area contributed by atoms with Crippen molar-refractivity contribution in [3.63, 3.8) is 0 Å². The third-order valence-electron chi connectivity index (χ3n) is 4.13. The normalized spacial score (nSPS) is 13.0. The molecule has 3 aromatic rings. The SMILES string of the molecule is Cc1ccccc1-c1noc(COC(=O)c2cc3c(s2)CCC3)n1. The highest BCUT2D eigenvalue weighted by Gasteiger charge is 2.20. The molecule has 0 aliphatic heterocycles. The summed E-state index contributed by atoms with van der Waals surface area (Å²) in [7, 11) is 0. The molecule has 122 valence electrons. The molecule has 0 fully saturated rings. The predicted molar refractivity (Wildman–Crippen MR) is 89.9 cm³/mol. The Hall–Kier alpha value is -2.47. The molecule has 0 atom stereocenters. The Morgan fingerprint density at radius 3 is 3.04 bits per heavy atom. The lowest BCUT2D eigenvalue weighted by Gasteiger charge is -1.99. The van der Waals surface area contributed by atoms with Gasteiger partial charge in [-0.3, -0.25) is 0 Å². The van der Waals surface area contributed by atoms with Crippen LogP contribution in [0.5, 0.6) is 0 Å². The number of carbonyl (C=O) groups excluding carboxylic acids is 1. The van der Waals surface area contributed by atoms with Crippen LogP contribution >= 0.6 is 11.3 Å². The number of hydrogen-bond donors (Lipinski definition) is 0. The van der Waals surface area contributed by atoms with Gasteiger partial charge in [-0.25, -0.2) is 4.79 Å². The molecular weight excluding hydrogens is 324 g/mol. The van der Waals surface area contributed by atoms with Gasteiger partial charge in [0.15, 0.2) is 6.61 Å². The summed E-state index contributed by atoms with van der Waals surface area (Å²) in [4.78, 5) is 18.4. The van der Waals surface area contributed by atoms with Crippen molar-refractivity contribution in [3.8, 4) is 11.4 Å². The number of thiophene rings is 1. The zero-order valence-electron chi connectivity index (χ0n) is 13.2. The van der Waals surface area contributed by atoms with E-state index in [0.29, 0.717) is 16.6 Å². The molecule has 1 aliphatic carbocycles. The lowest BCUT2D eigenvalue weighted by Crippen LogP contribution is -2.03. The molecule has 0 bridgehead atoms. The lowest BCUT2D eigenvalue weighted by molar-refractivity contribution is 0.0435. The van der Waals surface area contributed by atoms with Crippen LogP contribution in [0.3, 0.4) is 0 Å². The summed E-state index contributed by atoms with van der Waals surface area (Å²) in [5.41, 5.74) is 3.26. The highest BCUT2D eigenvalue weighted by molar-refractivity contribution is 7.14. The van der Waals surface area contributed by atoms with E-state index < -0.39 is 0 Å². The average molecular weight is 340 g/mol. The topological polar surface area (TPSA) is 65.2 Å². The van der Waals surface area contributed by atoms with Crippen molar-refractivity contribution >= 4 is 17.3 Å². The van der Waals surface area contributed by atoms with Gasteiger partial charge < -0.3 is 9.26 Å². The molecule has 0 unspecified atom stereocenters.